The topological polar surface area (TPSA) is 60.2 Å². The second-order valence-electron chi connectivity index (χ2n) is 7.88. The van der Waals surface area contributed by atoms with E-state index in [9.17, 15) is 5.11 Å². The highest BCUT2D eigenvalue weighted by molar-refractivity contribution is 6.37. The zero-order valence-corrected chi connectivity index (χ0v) is 18.7. The Morgan fingerprint density at radius 2 is 1.79 bits per heavy atom. The number of rotatable bonds is 6. The van der Waals surface area contributed by atoms with Crippen LogP contribution in [0.25, 0.3) is 5.69 Å². The minimum absolute atomic E-state index is 0.155. The van der Waals surface area contributed by atoms with Crippen molar-refractivity contribution in [2.75, 3.05) is 0 Å². The van der Waals surface area contributed by atoms with Gasteiger partial charge in [-0.3, -0.25) is 0 Å². The molecule has 154 valence electrons. The highest BCUT2D eigenvalue weighted by Crippen LogP contribution is 2.32. The van der Waals surface area contributed by atoms with Gasteiger partial charge in [-0.15, -0.1) is 5.10 Å². The van der Waals surface area contributed by atoms with Crippen molar-refractivity contribution in [2.24, 2.45) is 0 Å². The molecule has 29 heavy (non-hydrogen) atoms. The summed E-state index contributed by atoms with van der Waals surface area (Å²) in [5, 5.41) is 19.9. The molecule has 0 unspecified atom stereocenters. The number of benzene rings is 2. The van der Waals surface area contributed by atoms with Gasteiger partial charge in [0.05, 0.1) is 21.3 Å². The second-order valence-corrected chi connectivity index (χ2v) is 8.70. The first-order chi connectivity index (χ1) is 13.6. The largest absolute Gasteiger partial charge is 0.487 e. The van der Waals surface area contributed by atoms with E-state index in [1.165, 1.54) is 0 Å². The SMILES string of the molecule is Cc1cc(OCc2c(C(C)C)nnn2-c2c(Cl)cccc2Cl)ccc1C(C)(C)O. The van der Waals surface area contributed by atoms with Crippen LogP contribution in [-0.4, -0.2) is 20.1 Å². The Morgan fingerprint density at radius 3 is 2.34 bits per heavy atom. The summed E-state index contributed by atoms with van der Waals surface area (Å²) in [4.78, 5) is 0. The summed E-state index contributed by atoms with van der Waals surface area (Å²) in [6, 6.07) is 11.0. The van der Waals surface area contributed by atoms with E-state index in [1.54, 1.807) is 36.7 Å². The van der Waals surface area contributed by atoms with E-state index in [1.807, 2.05) is 39.0 Å². The Kier molecular flexibility index (Phi) is 6.22. The van der Waals surface area contributed by atoms with E-state index in [2.05, 4.69) is 10.3 Å². The molecule has 0 atom stereocenters. The molecule has 0 saturated carbocycles. The highest BCUT2D eigenvalue weighted by atomic mass is 35.5. The average Bonchev–Trinajstić information content (AvgIpc) is 3.02. The van der Waals surface area contributed by atoms with E-state index >= 15 is 0 Å². The second kappa shape index (κ2) is 8.34. The lowest BCUT2D eigenvalue weighted by molar-refractivity contribution is 0.0778. The van der Waals surface area contributed by atoms with Crippen LogP contribution in [0.3, 0.4) is 0 Å². The maximum atomic E-state index is 10.3. The van der Waals surface area contributed by atoms with Crippen molar-refractivity contribution >= 4 is 23.2 Å². The maximum Gasteiger partial charge on any atom is 0.132 e. The van der Waals surface area contributed by atoms with Crippen LogP contribution in [0.5, 0.6) is 5.75 Å². The van der Waals surface area contributed by atoms with E-state index < -0.39 is 5.60 Å². The van der Waals surface area contributed by atoms with Gasteiger partial charge in [0.2, 0.25) is 0 Å². The number of hydrogen-bond donors (Lipinski definition) is 1. The Labute approximate surface area is 181 Å². The van der Waals surface area contributed by atoms with Crippen LogP contribution in [0.15, 0.2) is 36.4 Å². The molecule has 0 aliphatic carbocycles. The molecule has 0 spiro atoms. The van der Waals surface area contributed by atoms with Crippen molar-refractivity contribution in [1.29, 1.82) is 0 Å². The molecule has 0 saturated heterocycles. The molecule has 0 fully saturated rings. The van der Waals surface area contributed by atoms with Crippen LogP contribution in [0.4, 0.5) is 0 Å². The van der Waals surface area contributed by atoms with Crippen LogP contribution in [0, 0.1) is 6.92 Å². The first-order valence-corrected chi connectivity index (χ1v) is 10.2. The Bertz CT molecular complexity index is 1000. The summed E-state index contributed by atoms with van der Waals surface area (Å²) < 4.78 is 7.71. The van der Waals surface area contributed by atoms with E-state index in [0.29, 0.717) is 21.5 Å². The third-order valence-electron chi connectivity index (χ3n) is 4.72. The number of aliphatic hydroxyl groups is 1. The number of para-hydroxylation sites is 1. The first kappa shape index (κ1) is 21.6. The van der Waals surface area contributed by atoms with Crippen LogP contribution in [0.2, 0.25) is 10.0 Å². The molecule has 0 bridgehead atoms. The maximum absolute atomic E-state index is 10.3. The highest BCUT2D eigenvalue weighted by Gasteiger charge is 2.22. The predicted octanol–water partition coefficient (Wildman–Crippen LogP) is 5.81. The summed E-state index contributed by atoms with van der Waals surface area (Å²) >= 11 is 12.8. The third-order valence-corrected chi connectivity index (χ3v) is 5.33. The molecule has 7 heteroatoms. The smallest absolute Gasteiger partial charge is 0.132 e. The van der Waals surface area contributed by atoms with Crippen molar-refractivity contribution in [3.05, 3.63) is 69.0 Å². The van der Waals surface area contributed by atoms with Gasteiger partial charge in [-0.05, 0) is 62.1 Å². The zero-order chi connectivity index (χ0) is 21.3. The molecule has 3 rings (SSSR count). The van der Waals surface area contributed by atoms with Crippen molar-refractivity contribution in [2.45, 2.75) is 52.7 Å². The monoisotopic (exact) mass is 433 g/mol. The minimum atomic E-state index is -0.906. The van der Waals surface area contributed by atoms with E-state index in [0.717, 1.165) is 22.5 Å². The van der Waals surface area contributed by atoms with Crippen LogP contribution in [0.1, 0.15) is 56.1 Å². The van der Waals surface area contributed by atoms with Gasteiger partial charge in [0.15, 0.2) is 0 Å². The molecule has 0 aliphatic rings. The molecular formula is C22H25Cl2N3O2. The number of aryl methyl sites for hydroxylation is 1. The van der Waals surface area contributed by atoms with Gasteiger partial charge in [-0.25, -0.2) is 4.68 Å². The normalized spacial score (nSPS) is 11.9. The minimum Gasteiger partial charge on any atom is -0.487 e. The molecule has 0 amide bonds. The molecule has 1 aromatic heterocycles. The predicted molar refractivity (Wildman–Crippen MR) is 116 cm³/mol. The molecule has 3 aromatic rings. The number of nitrogens with zero attached hydrogens (tertiary/aromatic N) is 3. The summed E-state index contributed by atoms with van der Waals surface area (Å²) in [6.07, 6.45) is 0. The summed E-state index contributed by atoms with van der Waals surface area (Å²) in [5.41, 5.74) is 3.12. The number of halogens is 2. The van der Waals surface area contributed by atoms with Crippen molar-refractivity contribution in [3.63, 3.8) is 0 Å². The van der Waals surface area contributed by atoms with Gasteiger partial charge < -0.3 is 9.84 Å². The lowest BCUT2D eigenvalue weighted by Crippen LogP contribution is -2.17. The standard InChI is InChI=1S/C22H25Cl2N3O2/c1-13(2)20-19(27(26-25-20)21-17(23)7-6-8-18(21)24)12-29-15-9-10-16(14(3)11-15)22(4,5)28/h6-11,13,28H,12H2,1-5H3. The lowest BCUT2D eigenvalue weighted by atomic mass is 9.94. The van der Waals surface area contributed by atoms with Gasteiger partial charge in [0, 0.05) is 0 Å². The Hall–Kier alpha value is -2.08. The quantitative estimate of drug-likeness (QED) is 0.532. The zero-order valence-electron chi connectivity index (χ0n) is 17.2. The van der Waals surface area contributed by atoms with Crippen LogP contribution >= 0.6 is 23.2 Å². The molecular weight excluding hydrogens is 409 g/mol. The Morgan fingerprint density at radius 1 is 1.14 bits per heavy atom. The van der Waals surface area contributed by atoms with Crippen molar-refractivity contribution < 1.29 is 9.84 Å². The van der Waals surface area contributed by atoms with Crippen molar-refractivity contribution in [1.82, 2.24) is 15.0 Å². The van der Waals surface area contributed by atoms with Crippen molar-refractivity contribution in [3.8, 4) is 11.4 Å². The lowest BCUT2D eigenvalue weighted by Gasteiger charge is -2.21. The molecule has 1 N–H and O–H groups in total. The van der Waals surface area contributed by atoms with Crippen LogP contribution in [-0.2, 0) is 12.2 Å². The van der Waals surface area contributed by atoms with Gasteiger partial charge in [-0.2, -0.15) is 0 Å². The van der Waals surface area contributed by atoms with Crippen LogP contribution < -0.4 is 4.74 Å². The molecule has 5 nitrogen and oxygen atoms in total. The van der Waals surface area contributed by atoms with E-state index in [4.69, 9.17) is 27.9 Å². The van der Waals surface area contributed by atoms with Gasteiger partial charge in [-0.1, -0.05) is 54.4 Å². The van der Waals surface area contributed by atoms with Gasteiger partial charge >= 0.3 is 0 Å². The average molecular weight is 434 g/mol. The van der Waals surface area contributed by atoms with Gasteiger partial charge in [0.1, 0.15) is 23.7 Å². The number of aromatic nitrogens is 3. The molecule has 0 radical (unpaired) electrons. The first-order valence-electron chi connectivity index (χ1n) is 9.44. The summed E-state index contributed by atoms with van der Waals surface area (Å²) in [7, 11) is 0. The fourth-order valence-electron chi connectivity index (χ4n) is 3.33. The molecule has 1 heterocycles. The molecule has 2 aromatic carbocycles. The molecule has 0 aliphatic heterocycles. The van der Waals surface area contributed by atoms with Gasteiger partial charge in [0.25, 0.3) is 0 Å². The number of hydrogen-bond acceptors (Lipinski definition) is 4. The summed E-state index contributed by atoms with van der Waals surface area (Å²) in [6.45, 7) is 9.84. The third kappa shape index (κ3) is 4.58. The van der Waals surface area contributed by atoms with E-state index in [-0.39, 0.29) is 12.5 Å². The Balaban J connectivity index is 1.95. The number of ether oxygens (including phenoxy) is 1. The summed E-state index contributed by atoms with van der Waals surface area (Å²) in [5.74, 6) is 0.853. The fourth-order valence-corrected chi connectivity index (χ4v) is 3.89. The fraction of sp³-hybridized carbons (Fsp3) is 0.364.